The summed E-state index contributed by atoms with van der Waals surface area (Å²) in [5, 5.41) is 59.6. The third-order valence-corrected chi connectivity index (χ3v) is 10.0. The minimum atomic E-state index is -4.90. The lowest BCUT2D eigenvalue weighted by Crippen LogP contribution is -2.35. The van der Waals surface area contributed by atoms with Gasteiger partial charge in [0.05, 0.1) is 39.6 Å². The fourth-order valence-corrected chi connectivity index (χ4v) is 7.07. The molecule has 4 aromatic rings. The minimum Gasteiger partial charge on any atom is -0.395 e. The maximum Gasteiger partial charge on any atom is 0.295 e. The third-order valence-electron chi connectivity index (χ3n) is 8.03. The molecular formula is C33H43ClN10O12S2. The first-order valence-corrected chi connectivity index (χ1v) is 20.6. The SMILES string of the molecule is O=S(=O)(O)c1cc(Cc2nc(N(CCO)CCO)nc(N(CCO)CCO)n2)ccc1/C=C/c1ccc(Nc2nc(Cl)nc(N(CCO)CCO)n2)cc1S(=O)(=O)O. The highest BCUT2D eigenvalue weighted by Crippen LogP contribution is 2.28. The normalized spacial score (nSPS) is 11.9. The Kier molecular flexibility index (Phi) is 16.9. The molecule has 0 radical (unpaired) electrons. The largest absolute Gasteiger partial charge is 0.395 e. The second kappa shape index (κ2) is 21.3. The highest BCUT2D eigenvalue weighted by Gasteiger charge is 2.21. The molecule has 58 heavy (non-hydrogen) atoms. The molecule has 0 saturated heterocycles. The Morgan fingerprint density at radius 1 is 0.569 bits per heavy atom. The molecule has 2 aromatic heterocycles. The van der Waals surface area contributed by atoms with Crippen LogP contribution in [0.25, 0.3) is 12.2 Å². The molecule has 0 atom stereocenters. The molecule has 4 rings (SSSR count). The van der Waals surface area contributed by atoms with Gasteiger partial charge in [0.2, 0.25) is 29.1 Å². The smallest absolute Gasteiger partial charge is 0.295 e. The van der Waals surface area contributed by atoms with E-state index in [0.29, 0.717) is 5.56 Å². The highest BCUT2D eigenvalue weighted by molar-refractivity contribution is 7.86. The fraction of sp³-hybridized carbons (Fsp3) is 0.394. The molecule has 2 aromatic carbocycles. The Morgan fingerprint density at radius 2 is 1.00 bits per heavy atom. The maximum atomic E-state index is 12.6. The summed E-state index contributed by atoms with van der Waals surface area (Å²) >= 11 is 6.06. The predicted molar refractivity (Wildman–Crippen MR) is 211 cm³/mol. The van der Waals surface area contributed by atoms with E-state index in [9.17, 15) is 56.6 Å². The number of aliphatic hydroxyl groups excluding tert-OH is 6. The van der Waals surface area contributed by atoms with Gasteiger partial charge < -0.3 is 50.7 Å². The zero-order valence-corrected chi connectivity index (χ0v) is 33.1. The molecule has 25 heteroatoms. The van der Waals surface area contributed by atoms with Crippen molar-refractivity contribution >= 4 is 73.5 Å². The second-order valence-corrected chi connectivity index (χ2v) is 15.2. The van der Waals surface area contributed by atoms with Crippen LogP contribution >= 0.6 is 11.6 Å². The van der Waals surface area contributed by atoms with Crippen LogP contribution in [0, 0.1) is 0 Å². The number of nitrogens with zero attached hydrogens (tertiary/aromatic N) is 9. The molecule has 316 valence electrons. The van der Waals surface area contributed by atoms with Crippen LogP contribution in [0.15, 0.2) is 46.2 Å². The molecule has 0 aliphatic heterocycles. The van der Waals surface area contributed by atoms with Crippen LogP contribution in [0.2, 0.25) is 5.28 Å². The Balaban J connectivity index is 1.70. The lowest BCUT2D eigenvalue weighted by atomic mass is 10.1. The molecule has 0 amide bonds. The average molecular weight is 871 g/mol. The second-order valence-electron chi connectivity index (χ2n) is 12.1. The van der Waals surface area contributed by atoms with E-state index in [2.05, 4.69) is 35.2 Å². The number of rotatable bonds is 23. The number of aromatic nitrogens is 6. The van der Waals surface area contributed by atoms with Gasteiger partial charge in [0.1, 0.15) is 15.6 Å². The van der Waals surface area contributed by atoms with Crippen molar-refractivity contribution in [3.05, 3.63) is 64.2 Å². The van der Waals surface area contributed by atoms with Crippen LogP contribution in [-0.4, -0.2) is 165 Å². The summed E-state index contributed by atoms with van der Waals surface area (Å²) in [7, 11) is -9.79. The number of hydrogen-bond acceptors (Lipinski definition) is 20. The summed E-state index contributed by atoms with van der Waals surface area (Å²) in [6, 6.07) is 7.75. The van der Waals surface area contributed by atoms with Gasteiger partial charge in [0.25, 0.3) is 20.2 Å². The minimum absolute atomic E-state index is 0.00843. The van der Waals surface area contributed by atoms with Crippen molar-refractivity contribution in [3.8, 4) is 0 Å². The van der Waals surface area contributed by atoms with Crippen LogP contribution in [0.3, 0.4) is 0 Å². The van der Waals surface area contributed by atoms with Gasteiger partial charge in [-0.15, -0.1) is 0 Å². The Hall–Kier alpha value is -4.73. The zero-order valence-electron chi connectivity index (χ0n) is 30.7. The van der Waals surface area contributed by atoms with E-state index in [1.54, 1.807) is 0 Å². The molecule has 0 spiro atoms. The quantitative estimate of drug-likeness (QED) is 0.0321. The first-order valence-electron chi connectivity index (χ1n) is 17.4. The summed E-state index contributed by atoms with van der Waals surface area (Å²) in [4.78, 5) is 28.7. The van der Waals surface area contributed by atoms with Crippen molar-refractivity contribution in [1.82, 2.24) is 29.9 Å². The van der Waals surface area contributed by atoms with Crippen molar-refractivity contribution in [1.29, 1.82) is 0 Å². The number of hydrogen-bond donors (Lipinski definition) is 9. The monoisotopic (exact) mass is 870 g/mol. The molecule has 2 heterocycles. The van der Waals surface area contributed by atoms with Gasteiger partial charge in [-0.25, -0.2) is 0 Å². The highest BCUT2D eigenvalue weighted by atomic mass is 35.5. The van der Waals surface area contributed by atoms with Crippen molar-refractivity contribution in [2.75, 3.05) is 98.9 Å². The van der Waals surface area contributed by atoms with E-state index in [1.165, 1.54) is 51.1 Å². The Labute approximate surface area is 338 Å². The summed E-state index contributed by atoms with van der Waals surface area (Å²) in [6.07, 6.45) is 2.29. The van der Waals surface area contributed by atoms with Crippen molar-refractivity contribution in [2.45, 2.75) is 16.2 Å². The van der Waals surface area contributed by atoms with Crippen molar-refractivity contribution in [2.24, 2.45) is 0 Å². The number of nitrogens with one attached hydrogen (secondary N) is 1. The molecule has 0 aliphatic carbocycles. The van der Waals surface area contributed by atoms with Gasteiger partial charge in [-0.05, 0) is 46.5 Å². The molecule has 22 nitrogen and oxygen atoms in total. The summed E-state index contributed by atoms with van der Waals surface area (Å²) in [5.74, 6) is 0.0801. The van der Waals surface area contributed by atoms with E-state index in [-0.39, 0.29) is 137 Å². The zero-order chi connectivity index (χ0) is 42.5. The molecule has 9 N–H and O–H groups in total. The predicted octanol–water partition coefficient (Wildman–Crippen LogP) is -0.919. The van der Waals surface area contributed by atoms with E-state index in [4.69, 9.17) is 11.6 Å². The van der Waals surface area contributed by atoms with E-state index in [0.717, 1.165) is 12.1 Å². The molecule has 0 fully saturated rings. The van der Waals surface area contributed by atoms with Gasteiger partial charge in [-0.3, -0.25) is 9.11 Å². The van der Waals surface area contributed by atoms with Crippen LogP contribution in [0.5, 0.6) is 0 Å². The molecule has 0 saturated carbocycles. The van der Waals surface area contributed by atoms with E-state index in [1.807, 2.05) is 0 Å². The standard InChI is InChI=1S/C33H43ClN10O12S2/c34-29-38-30(40-33(39-29)44(11-17-49)12-18-50)35-25-6-5-24(27(21-25)58(54,55)56)4-3-23-2-1-22(19-26(23)57(51,52)53)20-28-36-31(42(7-13-45)8-14-46)41-32(37-28)43(9-15-47)10-16-48/h1-6,19,21,45-50H,7-18,20H2,(H,51,52,53)(H,54,55,56)(H,35,38,39,40)/b4-3+. The molecule has 0 unspecified atom stereocenters. The van der Waals surface area contributed by atoms with Gasteiger partial charge >= 0.3 is 0 Å². The third kappa shape index (κ3) is 12.9. The fourth-order valence-electron chi connectivity index (χ4n) is 5.47. The van der Waals surface area contributed by atoms with Gasteiger partial charge in [0, 0.05) is 51.4 Å². The van der Waals surface area contributed by atoms with E-state index >= 15 is 0 Å². The van der Waals surface area contributed by atoms with Crippen LogP contribution in [0.1, 0.15) is 22.5 Å². The first-order chi connectivity index (χ1) is 27.6. The summed E-state index contributed by atoms with van der Waals surface area (Å²) < 4.78 is 70.6. The van der Waals surface area contributed by atoms with Crippen LogP contribution in [0.4, 0.5) is 29.5 Å². The van der Waals surface area contributed by atoms with Crippen molar-refractivity contribution in [3.63, 3.8) is 0 Å². The van der Waals surface area contributed by atoms with Crippen LogP contribution in [-0.2, 0) is 26.7 Å². The van der Waals surface area contributed by atoms with E-state index < -0.39 is 30.0 Å². The van der Waals surface area contributed by atoms with Gasteiger partial charge in [-0.2, -0.15) is 46.7 Å². The maximum absolute atomic E-state index is 12.6. The molecule has 0 bridgehead atoms. The molecular weight excluding hydrogens is 828 g/mol. The number of anilines is 5. The van der Waals surface area contributed by atoms with Gasteiger partial charge in [0.15, 0.2) is 0 Å². The Morgan fingerprint density at radius 3 is 1.45 bits per heavy atom. The lowest BCUT2D eigenvalue weighted by molar-refractivity contribution is 0.278. The summed E-state index contributed by atoms with van der Waals surface area (Å²) in [5.41, 5.74) is 0.226. The number of aliphatic hydroxyl groups is 6. The van der Waals surface area contributed by atoms with Gasteiger partial charge in [-0.1, -0.05) is 30.4 Å². The number of halogens is 1. The van der Waals surface area contributed by atoms with Crippen molar-refractivity contribution < 1.29 is 56.6 Å². The Bertz CT molecular complexity index is 2210. The topological polar surface area (TPSA) is 329 Å². The number of benzene rings is 2. The van der Waals surface area contributed by atoms with Crippen LogP contribution < -0.4 is 20.0 Å². The average Bonchev–Trinajstić information content (AvgIpc) is 3.16. The molecule has 0 aliphatic rings. The first kappa shape index (κ1) is 46.0. The lowest BCUT2D eigenvalue weighted by Gasteiger charge is -2.25. The summed E-state index contributed by atoms with van der Waals surface area (Å²) in [6.45, 7) is -1.49.